The van der Waals surface area contributed by atoms with Crippen LogP contribution in [0.3, 0.4) is 0 Å². The Morgan fingerprint density at radius 3 is 1.07 bits per heavy atom. The number of benzene rings is 6. The van der Waals surface area contributed by atoms with E-state index in [2.05, 4.69) is 0 Å². The summed E-state index contributed by atoms with van der Waals surface area (Å²) in [6.45, 7) is 3.56. The molecule has 0 saturated heterocycles. The second-order valence-electron chi connectivity index (χ2n) is 10.6. The molecule has 0 aromatic heterocycles. The summed E-state index contributed by atoms with van der Waals surface area (Å²) in [5.41, 5.74) is 2.88. The maximum absolute atomic E-state index is 13.1. The number of hydrogen-bond donors (Lipinski definition) is 0. The quantitative estimate of drug-likeness (QED) is 0.137. The highest BCUT2D eigenvalue weighted by molar-refractivity contribution is 6.09. The van der Waals surface area contributed by atoms with Gasteiger partial charge in [0.1, 0.15) is 46.0 Å². The van der Waals surface area contributed by atoms with E-state index in [1.165, 1.54) is 12.5 Å². The highest BCUT2D eigenvalue weighted by Crippen LogP contribution is 2.30. The van der Waals surface area contributed by atoms with Gasteiger partial charge in [0.25, 0.3) is 0 Å². The van der Waals surface area contributed by atoms with Crippen molar-refractivity contribution in [2.45, 2.75) is 13.8 Å². The normalized spacial score (nSPS) is 10.6. The topological polar surface area (TPSA) is 71.1 Å². The lowest BCUT2D eigenvalue weighted by molar-refractivity contribution is 0.101. The fourth-order valence-corrected chi connectivity index (χ4v) is 4.60. The molecule has 0 fully saturated rings. The molecule has 6 rings (SSSR count). The van der Waals surface area contributed by atoms with Crippen molar-refractivity contribution in [2.24, 2.45) is 0 Å². The lowest BCUT2D eigenvalue weighted by Crippen LogP contribution is -2.01. The van der Waals surface area contributed by atoms with Gasteiger partial charge in [0.05, 0.1) is 0 Å². The van der Waals surface area contributed by atoms with Gasteiger partial charge in [-0.25, -0.2) is 0 Å². The minimum Gasteiger partial charge on any atom is -0.457 e. The SMILES string of the molecule is CC(=O)c1ccc(Oc2cccc(Oc3ccc(C(=O)c4ccc(Oc5ccc(Oc6ccc(C)cc6)cc5)cc4)cc3)c2)cc1. The predicted molar refractivity (Wildman–Crippen MR) is 177 cm³/mol. The Kier molecular flexibility index (Phi) is 8.88. The smallest absolute Gasteiger partial charge is 0.193 e. The van der Waals surface area contributed by atoms with Crippen LogP contribution < -0.4 is 18.9 Å². The Labute approximate surface area is 267 Å². The largest absolute Gasteiger partial charge is 0.457 e. The van der Waals surface area contributed by atoms with E-state index in [4.69, 9.17) is 18.9 Å². The predicted octanol–water partition coefficient (Wildman–Crippen LogP) is 10.6. The molecular formula is C40H30O6. The monoisotopic (exact) mass is 606 g/mol. The molecule has 0 aliphatic rings. The average Bonchev–Trinajstić information content (AvgIpc) is 3.07. The van der Waals surface area contributed by atoms with Gasteiger partial charge >= 0.3 is 0 Å². The van der Waals surface area contributed by atoms with Crippen LogP contribution in [-0.4, -0.2) is 11.6 Å². The third-order valence-corrected chi connectivity index (χ3v) is 7.09. The number of carbonyl (C=O) groups excluding carboxylic acids is 2. The van der Waals surface area contributed by atoms with Crippen LogP contribution in [0.15, 0.2) is 146 Å². The van der Waals surface area contributed by atoms with Crippen LogP contribution >= 0.6 is 0 Å². The van der Waals surface area contributed by atoms with Gasteiger partial charge in [-0.2, -0.15) is 0 Å². The number of Topliss-reactive ketones (excluding diaryl/α,β-unsaturated/α-hetero) is 1. The molecule has 0 bridgehead atoms. The molecule has 0 aliphatic heterocycles. The van der Waals surface area contributed by atoms with Crippen LogP contribution in [0.1, 0.15) is 38.8 Å². The van der Waals surface area contributed by atoms with Gasteiger partial charge in [-0.05, 0) is 135 Å². The summed E-state index contributed by atoms with van der Waals surface area (Å²) >= 11 is 0. The van der Waals surface area contributed by atoms with Crippen LogP contribution in [0.5, 0.6) is 46.0 Å². The van der Waals surface area contributed by atoms with E-state index in [1.807, 2.05) is 73.7 Å². The summed E-state index contributed by atoms with van der Waals surface area (Å²) in [6, 6.07) is 43.5. The van der Waals surface area contributed by atoms with Crippen LogP contribution in [0, 0.1) is 6.92 Å². The zero-order valence-corrected chi connectivity index (χ0v) is 25.3. The molecule has 0 N–H and O–H groups in total. The van der Waals surface area contributed by atoms with E-state index in [9.17, 15) is 9.59 Å². The number of ether oxygens (including phenoxy) is 4. The minimum atomic E-state index is -0.109. The average molecular weight is 607 g/mol. The molecule has 6 aromatic rings. The Bertz CT molecular complexity index is 1940. The van der Waals surface area contributed by atoms with Gasteiger partial charge < -0.3 is 18.9 Å². The van der Waals surface area contributed by atoms with Crippen molar-refractivity contribution in [2.75, 3.05) is 0 Å². The molecule has 0 saturated carbocycles. The lowest BCUT2D eigenvalue weighted by Gasteiger charge is -2.10. The zero-order valence-electron chi connectivity index (χ0n) is 25.3. The Morgan fingerprint density at radius 2 is 0.696 bits per heavy atom. The van der Waals surface area contributed by atoms with Crippen LogP contribution in [-0.2, 0) is 0 Å². The lowest BCUT2D eigenvalue weighted by atomic mass is 10.0. The van der Waals surface area contributed by atoms with E-state index in [-0.39, 0.29) is 11.6 Å². The molecule has 0 spiro atoms. The van der Waals surface area contributed by atoms with Gasteiger partial charge in [-0.15, -0.1) is 0 Å². The van der Waals surface area contributed by atoms with Crippen molar-refractivity contribution in [1.82, 2.24) is 0 Å². The summed E-state index contributed by atoms with van der Waals surface area (Å²) in [5, 5.41) is 0. The first kappa shape index (κ1) is 29.9. The number of aryl methyl sites for hydroxylation is 1. The van der Waals surface area contributed by atoms with E-state index in [0.29, 0.717) is 56.9 Å². The number of carbonyl (C=O) groups is 2. The summed E-state index contributed by atoms with van der Waals surface area (Å²) in [6.07, 6.45) is 0. The van der Waals surface area contributed by atoms with Crippen molar-refractivity contribution in [1.29, 1.82) is 0 Å². The van der Waals surface area contributed by atoms with Gasteiger partial charge in [0.2, 0.25) is 0 Å². The van der Waals surface area contributed by atoms with Crippen LogP contribution in [0.2, 0.25) is 0 Å². The highest BCUT2D eigenvalue weighted by Gasteiger charge is 2.11. The van der Waals surface area contributed by atoms with Crippen LogP contribution in [0.4, 0.5) is 0 Å². The molecular weight excluding hydrogens is 576 g/mol. The molecule has 6 nitrogen and oxygen atoms in total. The van der Waals surface area contributed by atoms with Gasteiger partial charge in [0.15, 0.2) is 11.6 Å². The number of rotatable bonds is 11. The van der Waals surface area contributed by atoms with E-state index < -0.39 is 0 Å². The van der Waals surface area contributed by atoms with Crippen molar-refractivity contribution in [3.8, 4) is 46.0 Å². The second kappa shape index (κ2) is 13.7. The molecule has 0 aliphatic carbocycles. The maximum atomic E-state index is 13.1. The summed E-state index contributed by atoms with van der Waals surface area (Å²) < 4.78 is 23.8. The maximum Gasteiger partial charge on any atom is 0.193 e. The van der Waals surface area contributed by atoms with E-state index in [1.54, 1.807) is 78.9 Å². The van der Waals surface area contributed by atoms with Crippen molar-refractivity contribution in [3.05, 3.63) is 168 Å². The third-order valence-electron chi connectivity index (χ3n) is 7.09. The number of ketones is 2. The Hall–Kier alpha value is -6.14. The Morgan fingerprint density at radius 1 is 0.391 bits per heavy atom. The second-order valence-corrected chi connectivity index (χ2v) is 10.6. The summed E-state index contributed by atoms with van der Waals surface area (Å²) in [5.74, 6) is 5.03. The molecule has 226 valence electrons. The first-order chi connectivity index (χ1) is 22.4. The standard InChI is InChI=1S/C40H30O6/c1-27-6-14-32(15-7-27)43-36-22-24-37(25-23-36)44-33-18-10-30(11-19-33)40(42)31-12-20-35(21-13-31)46-39-5-3-4-38(26-39)45-34-16-8-29(9-17-34)28(2)41/h3-26H,1-2H3. The molecule has 46 heavy (non-hydrogen) atoms. The van der Waals surface area contributed by atoms with Crippen molar-refractivity contribution in [3.63, 3.8) is 0 Å². The third kappa shape index (κ3) is 7.68. The zero-order chi connectivity index (χ0) is 31.9. The number of hydrogen-bond acceptors (Lipinski definition) is 6. The molecule has 0 amide bonds. The van der Waals surface area contributed by atoms with E-state index in [0.717, 1.165) is 5.75 Å². The fourth-order valence-electron chi connectivity index (χ4n) is 4.60. The molecule has 0 atom stereocenters. The molecule has 0 radical (unpaired) electrons. The first-order valence-corrected chi connectivity index (χ1v) is 14.7. The van der Waals surface area contributed by atoms with Crippen molar-refractivity contribution < 1.29 is 28.5 Å². The Balaban J connectivity index is 1.03. The summed E-state index contributed by atoms with van der Waals surface area (Å²) in [7, 11) is 0. The summed E-state index contributed by atoms with van der Waals surface area (Å²) in [4.78, 5) is 24.6. The van der Waals surface area contributed by atoms with E-state index >= 15 is 0 Å². The fraction of sp³-hybridized carbons (Fsp3) is 0.0500. The van der Waals surface area contributed by atoms with Gasteiger partial charge in [-0.3, -0.25) is 9.59 Å². The van der Waals surface area contributed by atoms with Crippen molar-refractivity contribution >= 4 is 11.6 Å². The minimum absolute atomic E-state index is 0.00107. The van der Waals surface area contributed by atoms with Crippen LogP contribution in [0.25, 0.3) is 0 Å². The van der Waals surface area contributed by atoms with Gasteiger partial charge in [0, 0.05) is 22.8 Å². The molecule has 0 heterocycles. The molecule has 0 unspecified atom stereocenters. The first-order valence-electron chi connectivity index (χ1n) is 14.7. The molecule has 6 aromatic carbocycles. The highest BCUT2D eigenvalue weighted by atomic mass is 16.5. The molecule has 6 heteroatoms. The van der Waals surface area contributed by atoms with Gasteiger partial charge in [-0.1, -0.05) is 23.8 Å².